The second-order valence-electron chi connectivity index (χ2n) is 5.51. The third kappa shape index (κ3) is 4.17. The molecule has 1 fully saturated rings. The van der Waals surface area contributed by atoms with Crippen molar-refractivity contribution in [3.63, 3.8) is 0 Å². The van der Waals surface area contributed by atoms with Gasteiger partial charge in [0.2, 0.25) is 0 Å². The molecule has 0 aliphatic carbocycles. The number of piperidine rings is 1. The van der Waals surface area contributed by atoms with Crippen molar-refractivity contribution in [3.05, 3.63) is 60.2 Å². The fraction of sp³-hybridized carbons (Fsp3) is 0.278. The molecule has 1 aliphatic rings. The standard InChI is InChI=1S/C18H20N2O2.ClH/c19-17-9-5-4-8-16(17)18(21)20-12-10-15(11-13-20)22-14-6-2-1-3-7-14;/h1-9,15H,10-13,19H2;1H. The van der Waals surface area contributed by atoms with Gasteiger partial charge in [0, 0.05) is 31.6 Å². The van der Waals surface area contributed by atoms with Crippen LogP contribution in [0.3, 0.4) is 0 Å². The lowest BCUT2D eigenvalue weighted by atomic mass is 10.1. The van der Waals surface area contributed by atoms with Crippen molar-refractivity contribution >= 4 is 24.0 Å². The number of nitrogen functional groups attached to an aromatic ring is 1. The van der Waals surface area contributed by atoms with E-state index in [2.05, 4.69) is 0 Å². The van der Waals surface area contributed by atoms with Crippen molar-refractivity contribution in [2.24, 2.45) is 0 Å². The first-order valence-corrected chi connectivity index (χ1v) is 7.59. The van der Waals surface area contributed by atoms with Crippen molar-refractivity contribution in [2.75, 3.05) is 18.8 Å². The molecule has 5 heteroatoms. The number of anilines is 1. The Hall–Kier alpha value is -2.20. The number of likely N-dealkylation sites (tertiary alicyclic amines) is 1. The van der Waals surface area contributed by atoms with Crippen LogP contribution in [0.4, 0.5) is 5.69 Å². The Labute approximate surface area is 142 Å². The molecule has 4 nitrogen and oxygen atoms in total. The summed E-state index contributed by atoms with van der Waals surface area (Å²) in [4.78, 5) is 14.3. The maximum absolute atomic E-state index is 12.5. The molecule has 1 aliphatic heterocycles. The van der Waals surface area contributed by atoms with Crippen molar-refractivity contribution in [1.29, 1.82) is 0 Å². The lowest BCUT2D eigenvalue weighted by Crippen LogP contribution is -2.42. The van der Waals surface area contributed by atoms with Crippen LogP contribution in [0.1, 0.15) is 23.2 Å². The fourth-order valence-electron chi connectivity index (χ4n) is 2.73. The molecule has 0 unspecified atom stereocenters. The lowest BCUT2D eigenvalue weighted by molar-refractivity contribution is 0.0596. The van der Waals surface area contributed by atoms with Gasteiger partial charge in [-0.15, -0.1) is 12.4 Å². The Bertz CT molecular complexity index is 640. The molecule has 0 radical (unpaired) electrons. The maximum Gasteiger partial charge on any atom is 0.255 e. The van der Waals surface area contributed by atoms with Crippen LogP contribution in [0, 0.1) is 0 Å². The van der Waals surface area contributed by atoms with Crippen molar-refractivity contribution < 1.29 is 9.53 Å². The van der Waals surface area contributed by atoms with E-state index in [1.54, 1.807) is 12.1 Å². The predicted octanol–water partition coefficient (Wildman–Crippen LogP) is 3.37. The number of halogens is 1. The largest absolute Gasteiger partial charge is 0.490 e. The molecule has 2 aromatic carbocycles. The van der Waals surface area contributed by atoms with E-state index in [-0.39, 0.29) is 24.4 Å². The fourth-order valence-corrected chi connectivity index (χ4v) is 2.73. The zero-order valence-electron chi connectivity index (χ0n) is 12.9. The molecule has 3 rings (SSSR count). The van der Waals surface area contributed by atoms with Gasteiger partial charge >= 0.3 is 0 Å². The Morgan fingerprint density at radius 2 is 1.61 bits per heavy atom. The highest BCUT2D eigenvalue weighted by Crippen LogP contribution is 2.21. The minimum atomic E-state index is 0. The molecule has 2 N–H and O–H groups in total. The number of nitrogens with zero attached hydrogens (tertiary/aromatic N) is 1. The molecule has 0 aromatic heterocycles. The number of benzene rings is 2. The van der Waals surface area contributed by atoms with Gasteiger partial charge in [-0.05, 0) is 24.3 Å². The summed E-state index contributed by atoms with van der Waals surface area (Å²) in [6.07, 6.45) is 1.85. The zero-order chi connectivity index (χ0) is 15.4. The van der Waals surface area contributed by atoms with Gasteiger partial charge in [-0.25, -0.2) is 0 Å². The molecule has 1 heterocycles. The van der Waals surface area contributed by atoms with Gasteiger partial charge in [0.1, 0.15) is 11.9 Å². The van der Waals surface area contributed by atoms with E-state index in [9.17, 15) is 4.79 Å². The van der Waals surface area contributed by atoms with Crippen LogP contribution in [-0.2, 0) is 0 Å². The third-order valence-corrected chi connectivity index (χ3v) is 3.97. The average Bonchev–Trinajstić information content (AvgIpc) is 2.56. The van der Waals surface area contributed by atoms with Gasteiger partial charge in [0.25, 0.3) is 5.91 Å². The predicted molar refractivity (Wildman–Crippen MR) is 94.1 cm³/mol. The number of rotatable bonds is 3. The monoisotopic (exact) mass is 332 g/mol. The number of carbonyl (C=O) groups excluding carboxylic acids is 1. The van der Waals surface area contributed by atoms with Gasteiger partial charge < -0.3 is 15.4 Å². The molecule has 0 saturated carbocycles. The molecule has 2 aromatic rings. The zero-order valence-corrected chi connectivity index (χ0v) is 13.7. The van der Waals surface area contributed by atoms with Crippen LogP contribution in [0.5, 0.6) is 5.75 Å². The molecule has 1 amide bonds. The summed E-state index contributed by atoms with van der Waals surface area (Å²) in [7, 11) is 0. The van der Waals surface area contributed by atoms with E-state index in [0.29, 0.717) is 24.3 Å². The molecule has 23 heavy (non-hydrogen) atoms. The van der Waals surface area contributed by atoms with Crippen LogP contribution in [-0.4, -0.2) is 30.0 Å². The second kappa shape index (κ2) is 7.88. The van der Waals surface area contributed by atoms with E-state index in [4.69, 9.17) is 10.5 Å². The van der Waals surface area contributed by atoms with Crippen LogP contribution < -0.4 is 10.5 Å². The Balaban J connectivity index is 0.00000192. The minimum Gasteiger partial charge on any atom is -0.490 e. The van der Waals surface area contributed by atoms with E-state index in [0.717, 1.165) is 18.6 Å². The minimum absolute atomic E-state index is 0. The first kappa shape index (κ1) is 17.2. The van der Waals surface area contributed by atoms with Gasteiger partial charge in [-0.2, -0.15) is 0 Å². The van der Waals surface area contributed by atoms with Crippen LogP contribution >= 0.6 is 12.4 Å². The maximum atomic E-state index is 12.5. The Morgan fingerprint density at radius 1 is 1.00 bits per heavy atom. The lowest BCUT2D eigenvalue weighted by Gasteiger charge is -2.32. The number of nitrogens with two attached hydrogens (primary N) is 1. The quantitative estimate of drug-likeness (QED) is 0.877. The number of para-hydroxylation sites is 2. The van der Waals surface area contributed by atoms with Crippen molar-refractivity contribution in [3.8, 4) is 5.75 Å². The molecule has 0 atom stereocenters. The summed E-state index contributed by atoms with van der Waals surface area (Å²) in [6, 6.07) is 17.0. The Kier molecular flexibility index (Phi) is 5.88. The summed E-state index contributed by atoms with van der Waals surface area (Å²) in [6.45, 7) is 1.40. The van der Waals surface area contributed by atoms with E-state index in [1.807, 2.05) is 47.4 Å². The molecular formula is C18H21ClN2O2. The van der Waals surface area contributed by atoms with E-state index in [1.165, 1.54) is 0 Å². The molecule has 122 valence electrons. The number of hydrogen-bond donors (Lipinski definition) is 1. The van der Waals surface area contributed by atoms with Gasteiger partial charge in [0.05, 0.1) is 5.56 Å². The summed E-state index contributed by atoms with van der Waals surface area (Å²) in [5, 5.41) is 0. The SMILES string of the molecule is Cl.Nc1ccccc1C(=O)N1CCC(Oc2ccccc2)CC1. The van der Waals surface area contributed by atoms with E-state index >= 15 is 0 Å². The van der Waals surface area contributed by atoms with Gasteiger partial charge in [-0.3, -0.25) is 4.79 Å². The average molecular weight is 333 g/mol. The first-order valence-electron chi connectivity index (χ1n) is 7.59. The highest BCUT2D eigenvalue weighted by atomic mass is 35.5. The number of hydrogen-bond acceptors (Lipinski definition) is 3. The van der Waals surface area contributed by atoms with Crippen LogP contribution in [0.25, 0.3) is 0 Å². The van der Waals surface area contributed by atoms with Crippen molar-refractivity contribution in [2.45, 2.75) is 18.9 Å². The summed E-state index contributed by atoms with van der Waals surface area (Å²) < 4.78 is 5.95. The smallest absolute Gasteiger partial charge is 0.255 e. The Morgan fingerprint density at radius 3 is 2.26 bits per heavy atom. The summed E-state index contributed by atoms with van der Waals surface area (Å²) >= 11 is 0. The summed E-state index contributed by atoms with van der Waals surface area (Å²) in [5.41, 5.74) is 7.01. The molecule has 0 spiro atoms. The molecule has 0 bridgehead atoms. The van der Waals surface area contributed by atoms with Crippen molar-refractivity contribution in [1.82, 2.24) is 4.90 Å². The first-order chi connectivity index (χ1) is 10.7. The van der Waals surface area contributed by atoms with Gasteiger partial charge in [-0.1, -0.05) is 30.3 Å². The highest BCUT2D eigenvalue weighted by molar-refractivity contribution is 5.99. The van der Waals surface area contributed by atoms with Gasteiger partial charge in [0.15, 0.2) is 0 Å². The second-order valence-corrected chi connectivity index (χ2v) is 5.51. The number of carbonyl (C=O) groups is 1. The number of amides is 1. The van der Waals surface area contributed by atoms with E-state index < -0.39 is 0 Å². The molecular weight excluding hydrogens is 312 g/mol. The molecule has 1 saturated heterocycles. The summed E-state index contributed by atoms with van der Waals surface area (Å²) in [5.74, 6) is 0.899. The highest BCUT2D eigenvalue weighted by Gasteiger charge is 2.25. The number of ether oxygens (including phenoxy) is 1. The topological polar surface area (TPSA) is 55.6 Å². The third-order valence-electron chi connectivity index (χ3n) is 3.97. The normalized spacial score (nSPS) is 14.9. The van der Waals surface area contributed by atoms with Crippen LogP contribution in [0.15, 0.2) is 54.6 Å². The van der Waals surface area contributed by atoms with Crippen LogP contribution in [0.2, 0.25) is 0 Å².